The summed E-state index contributed by atoms with van der Waals surface area (Å²) in [6.07, 6.45) is 1.85. The summed E-state index contributed by atoms with van der Waals surface area (Å²) in [5.41, 5.74) is 4.50. The van der Waals surface area contributed by atoms with E-state index in [2.05, 4.69) is 43.6 Å². The van der Waals surface area contributed by atoms with Gasteiger partial charge in [0.1, 0.15) is 0 Å². The Morgan fingerprint density at radius 2 is 2.18 bits per heavy atom. The highest BCUT2D eigenvalue weighted by molar-refractivity contribution is 7.14. The topological polar surface area (TPSA) is 53.4 Å². The molecule has 0 aliphatic heterocycles. The molecule has 1 heterocycles. The number of carboxylic acids is 1. The lowest BCUT2D eigenvalue weighted by Crippen LogP contribution is -2.26. The highest BCUT2D eigenvalue weighted by Crippen LogP contribution is 2.28. The van der Waals surface area contributed by atoms with Crippen LogP contribution in [0.2, 0.25) is 0 Å². The second kappa shape index (κ2) is 7.22. The van der Waals surface area contributed by atoms with Gasteiger partial charge >= 0.3 is 5.97 Å². The van der Waals surface area contributed by atoms with Crippen LogP contribution in [0.3, 0.4) is 0 Å². The lowest BCUT2D eigenvalue weighted by Gasteiger charge is -2.18. The first-order chi connectivity index (χ1) is 10.5. The van der Waals surface area contributed by atoms with Crippen molar-refractivity contribution in [1.82, 2.24) is 4.98 Å². The van der Waals surface area contributed by atoms with Crippen LogP contribution in [0.1, 0.15) is 17.5 Å². The van der Waals surface area contributed by atoms with E-state index in [1.807, 2.05) is 10.3 Å². The molecule has 2 aromatic rings. The lowest BCUT2D eigenvalue weighted by atomic mass is 10.1. The predicted molar refractivity (Wildman–Crippen MR) is 91.7 cm³/mol. The van der Waals surface area contributed by atoms with Crippen molar-refractivity contribution in [3.8, 4) is 11.3 Å². The van der Waals surface area contributed by atoms with Gasteiger partial charge in [-0.1, -0.05) is 18.2 Å². The van der Waals surface area contributed by atoms with Crippen molar-refractivity contribution in [2.24, 2.45) is 0 Å². The maximum Gasteiger partial charge on any atom is 0.305 e. The highest BCUT2D eigenvalue weighted by Gasteiger charge is 2.12. The van der Waals surface area contributed by atoms with Gasteiger partial charge in [0.2, 0.25) is 0 Å². The molecule has 0 radical (unpaired) electrons. The summed E-state index contributed by atoms with van der Waals surface area (Å²) >= 11 is 1.53. The molecule has 1 aromatic carbocycles. The van der Waals surface area contributed by atoms with E-state index in [0.717, 1.165) is 16.4 Å². The monoisotopic (exact) mass is 316 g/mol. The van der Waals surface area contributed by atoms with Gasteiger partial charge in [-0.3, -0.25) is 4.79 Å². The lowest BCUT2D eigenvalue weighted by molar-refractivity contribution is -0.136. The molecular formula is C17H20N2O2S. The maximum absolute atomic E-state index is 10.8. The molecule has 0 aliphatic rings. The van der Waals surface area contributed by atoms with E-state index in [-0.39, 0.29) is 6.42 Å². The standard InChI is InChI=1S/C17H20N2O2S/c1-4-8-19(9-7-16(20)21)17-18-15(11-22-17)14-6-5-12(2)13(3)10-14/h4-6,10-11H,1,7-9H2,2-3H3,(H,20,21). The fourth-order valence-corrected chi connectivity index (χ4v) is 2.97. The summed E-state index contributed by atoms with van der Waals surface area (Å²) in [4.78, 5) is 17.4. The van der Waals surface area contributed by atoms with Crippen LogP contribution >= 0.6 is 11.3 Å². The summed E-state index contributed by atoms with van der Waals surface area (Å²) in [5, 5.41) is 11.7. The molecular weight excluding hydrogens is 296 g/mol. The molecule has 0 amide bonds. The minimum absolute atomic E-state index is 0.0897. The predicted octanol–water partition coefficient (Wildman–Crippen LogP) is 3.89. The molecule has 0 unspecified atom stereocenters. The first-order valence-corrected chi connectivity index (χ1v) is 8.00. The Hall–Kier alpha value is -2.14. The molecule has 0 bridgehead atoms. The van der Waals surface area contributed by atoms with Crippen LogP contribution in [0, 0.1) is 13.8 Å². The Kier molecular flexibility index (Phi) is 5.33. The summed E-state index contributed by atoms with van der Waals surface area (Å²) in [6.45, 7) is 8.92. The maximum atomic E-state index is 10.8. The zero-order valence-electron chi connectivity index (χ0n) is 12.9. The normalized spacial score (nSPS) is 10.5. The zero-order chi connectivity index (χ0) is 16.1. The Labute approximate surface area is 134 Å². The van der Waals surface area contributed by atoms with Crippen molar-refractivity contribution in [1.29, 1.82) is 0 Å². The molecule has 0 saturated heterocycles. The van der Waals surface area contributed by atoms with Crippen molar-refractivity contribution in [3.63, 3.8) is 0 Å². The summed E-state index contributed by atoms with van der Waals surface area (Å²) in [6, 6.07) is 6.29. The molecule has 5 heteroatoms. The number of anilines is 1. The zero-order valence-corrected chi connectivity index (χ0v) is 13.7. The number of hydrogen-bond donors (Lipinski definition) is 1. The van der Waals surface area contributed by atoms with E-state index in [1.54, 1.807) is 6.08 Å². The first-order valence-electron chi connectivity index (χ1n) is 7.12. The molecule has 0 saturated carbocycles. The molecule has 0 atom stereocenters. The van der Waals surface area contributed by atoms with Crippen LogP contribution in [-0.4, -0.2) is 29.1 Å². The van der Waals surface area contributed by atoms with Crippen LogP contribution in [0.15, 0.2) is 36.2 Å². The van der Waals surface area contributed by atoms with E-state index in [0.29, 0.717) is 13.1 Å². The number of benzene rings is 1. The molecule has 2 rings (SSSR count). The number of carboxylic acid groups (broad SMARTS) is 1. The van der Waals surface area contributed by atoms with Gasteiger partial charge < -0.3 is 10.0 Å². The number of carbonyl (C=O) groups is 1. The van der Waals surface area contributed by atoms with Gasteiger partial charge in [0.25, 0.3) is 0 Å². The first kappa shape index (κ1) is 16.2. The van der Waals surface area contributed by atoms with E-state index < -0.39 is 5.97 Å². The fraction of sp³-hybridized carbons (Fsp3) is 0.294. The third-order valence-electron chi connectivity index (χ3n) is 3.51. The van der Waals surface area contributed by atoms with E-state index in [4.69, 9.17) is 5.11 Å². The smallest absolute Gasteiger partial charge is 0.305 e. The number of hydrogen-bond acceptors (Lipinski definition) is 4. The van der Waals surface area contributed by atoms with Crippen LogP contribution in [0.4, 0.5) is 5.13 Å². The van der Waals surface area contributed by atoms with Gasteiger partial charge in [0, 0.05) is 24.0 Å². The second-order valence-corrected chi connectivity index (χ2v) is 6.03. The minimum Gasteiger partial charge on any atom is -0.481 e. The number of rotatable bonds is 7. The Balaban J connectivity index is 2.22. The van der Waals surface area contributed by atoms with Crippen LogP contribution in [-0.2, 0) is 4.79 Å². The third-order valence-corrected chi connectivity index (χ3v) is 4.41. The van der Waals surface area contributed by atoms with Gasteiger partial charge in [-0.2, -0.15) is 0 Å². The summed E-state index contributed by atoms with van der Waals surface area (Å²) in [5.74, 6) is -0.806. The van der Waals surface area contributed by atoms with Crippen LogP contribution < -0.4 is 4.90 Å². The Morgan fingerprint density at radius 3 is 2.82 bits per heavy atom. The molecule has 0 aliphatic carbocycles. The van der Waals surface area contributed by atoms with E-state index >= 15 is 0 Å². The highest BCUT2D eigenvalue weighted by atomic mass is 32.1. The number of aromatic nitrogens is 1. The third kappa shape index (κ3) is 3.95. The average molecular weight is 316 g/mol. The van der Waals surface area contributed by atoms with Crippen molar-refractivity contribution < 1.29 is 9.90 Å². The SMILES string of the molecule is C=CCN(CCC(=O)O)c1nc(-c2ccc(C)c(C)c2)cs1. The molecule has 1 N–H and O–H groups in total. The summed E-state index contributed by atoms with van der Waals surface area (Å²) in [7, 11) is 0. The van der Waals surface area contributed by atoms with Gasteiger partial charge in [0.05, 0.1) is 12.1 Å². The summed E-state index contributed by atoms with van der Waals surface area (Å²) < 4.78 is 0. The van der Waals surface area contributed by atoms with E-state index in [9.17, 15) is 4.79 Å². The molecule has 1 aromatic heterocycles. The van der Waals surface area contributed by atoms with Gasteiger partial charge in [-0.15, -0.1) is 17.9 Å². The van der Waals surface area contributed by atoms with Gasteiger partial charge in [0.15, 0.2) is 5.13 Å². The Morgan fingerprint density at radius 1 is 1.41 bits per heavy atom. The molecule has 22 heavy (non-hydrogen) atoms. The molecule has 4 nitrogen and oxygen atoms in total. The van der Waals surface area contributed by atoms with Crippen molar-refractivity contribution in [3.05, 3.63) is 47.4 Å². The molecule has 116 valence electrons. The Bertz CT molecular complexity index is 679. The van der Waals surface area contributed by atoms with Gasteiger partial charge in [-0.25, -0.2) is 4.98 Å². The van der Waals surface area contributed by atoms with Crippen LogP contribution in [0.5, 0.6) is 0 Å². The number of aryl methyl sites for hydroxylation is 2. The number of thiazole rings is 1. The fourth-order valence-electron chi connectivity index (χ4n) is 2.09. The van der Waals surface area contributed by atoms with Crippen LogP contribution in [0.25, 0.3) is 11.3 Å². The van der Waals surface area contributed by atoms with Crippen molar-refractivity contribution in [2.75, 3.05) is 18.0 Å². The molecule has 0 spiro atoms. The number of aliphatic carboxylic acids is 1. The minimum atomic E-state index is -0.806. The quantitative estimate of drug-likeness (QED) is 0.787. The van der Waals surface area contributed by atoms with Crippen molar-refractivity contribution >= 4 is 22.4 Å². The van der Waals surface area contributed by atoms with Crippen molar-refractivity contribution in [2.45, 2.75) is 20.3 Å². The molecule has 0 fully saturated rings. The average Bonchev–Trinajstić information content (AvgIpc) is 2.96. The van der Waals surface area contributed by atoms with E-state index in [1.165, 1.54) is 22.5 Å². The largest absolute Gasteiger partial charge is 0.481 e. The number of nitrogens with zero attached hydrogens (tertiary/aromatic N) is 2. The second-order valence-electron chi connectivity index (χ2n) is 5.19. The van der Waals surface area contributed by atoms with Gasteiger partial charge in [-0.05, 0) is 31.0 Å².